The molecule has 5 heteroatoms. The molecule has 202 valence electrons. The van der Waals surface area contributed by atoms with Gasteiger partial charge in [0.1, 0.15) is 0 Å². The monoisotopic (exact) mass is 513 g/mol. The second-order valence-electron chi connectivity index (χ2n) is 13.2. The van der Waals surface area contributed by atoms with Crippen LogP contribution in [0.15, 0.2) is 36.4 Å². The second kappa shape index (κ2) is 9.14. The molecule has 2 aromatic rings. The van der Waals surface area contributed by atoms with E-state index >= 15 is 0 Å². The van der Waals surface area contributed by atoms with Gasteiger partial charge < -0.3 is 11.5 Å². The van der Waals surface area contributed by atoms with E-state index in [1.54, 1.807) is 7.05 Å². The molecule has 6 unspecified atom stereocenters. The van der Waals surface area contributed by atoms with Crippen molar-refractivity contribution in [1.82, 2.24) is 4.90 Å². The number of anilines is 2. The Morgan fingerprint density at radius 1 is 0.737 bits per heavy atom. The molecule has 2 aromatic carbocycles. The molecule has 0 aromatic heterocycles. The lowest BCUT2D eigenvalue weighted by atomic mass is 9.54. The fraction of sp³-hybridized carbons (Fsp3) is 0.576. The number of carbonyl (C=O) groups is 2. The first-order valence-electron chi connectivity index (χ1n) is 14.7. The number of hydrogen-bond donors (Lipinski definition) is 2. The van der Waals surface area contributed by atoms with Gasteiger partial charge in [0.15, 0.2) is 0 Å². The molecule has 2 amide bonds. The molecule has 38 heavy (non-hydrogen) atoms. The molecule has 0 aliphatic heterocycles. The van der Waals surface area contributed by atoms with Crippen molar-refractivity contribution in [2.75, 3.05) is 18.5 Å². The number of hydrogen-bond acceptors (Lipinski definition) is 4. The van der Waals surface area contributed by atoms with Crippen LogP contribution in [-0.2, 0) is 33.3 Å². The van der Waals surface area contributed by atoms with Gasteiger partial charge >= 0.3 is 0 Å². The van der Waals surface area contributed by atoms with Crippen LogP contribution in [0.2, 0.25) is 0 Å². The number of benzene rings is 2. The zero-order chi connectivity index (χ0) is 26.8. The van der Waals surface area contributed by atoms with E-state index in [1.807, 2.05) is 12.1 Å². The Hall–Kier alpha value is -2.82. The fourth-order valence-electron chi connectivity index (χ4n) is 9.25. The Kier molecular flexibility index (Phi) is 6.12. The highest BCUT2D eigenvalue weighted by molar-refractivity contribution is 5.97. The number of aryl methyl sites for hydroxylation is 2. The van der Waals surface area contributed by atoms with E-state index in [-0.39, 0.29) is 46.3 Å². The highest BCUT2D eigenvalue weighted by Crippen LogP contribution is 2.55. The highest BCUT2D eigenvalue weighted by atomic mass is 16.2. The molecule has 2 fully saturated rings. The molecule has 5 nitrogen and oxygen atoms in total. The zero-order valence-corrected chi connectivity index (χ0v) is 23.3. The van der Waals surface area contributed by atoms with Crippen molar-refractivity contribution < 1.29 is 9.59 Å². The summed E-state index contributed by atoms with van der Waals surface area (Å²) in [5.74, 6) is 0.333. The number of amides is 2. The molecular formula is C33H43N3O2. The predicted octanol–water partition coefficient (Wildman–Crippen LogP) is 5.78. The summed E-state index contributed by atoms with van der Waals surface area (Å²) in [5, 5.41) is 0. The number of rotatable bonds is 2. The van der Waals surface area contributed by atoms with Crippen LogP contribution in [0.4, 0.5) is 11.4 Å². The Morgan fingerprint density at radius 2 is 1.16 bits per heavy atom. The summed E-state index contributed by atoms with van der Waals surface area (Å²) in [7, 11) is 1.76. The normalized spacial score (nSPS) is 33.8. The standard InChI is InChI=1S/C33H43N3O2/c1-32-16-4-6-24(26(32)14-10-20-8-12-22(34)18-28(20)32)30(37)36(3)31(38)25-7-5-17-33(2)27(25)15-11-21-9-13-23(35)19-29(21)33/h8-9,12-13,18-19,24-27H,4-7,10-11,14-17,34-35H2,1-3H3. The summed E-state index contributed by atoms with van der Waals surface area (Å²) in [6.07, 6.45) is 9.82. The molecular weight excluding hydrogens is 470 g/mol. The van der Waals surface area contributed by atoms with Gasteiger partial charge in [0.2, 0.25) is 11.8 Å². The first-order chi connectivity index (χ1) is 18.1. The quantitative estimate of drug-likeness (QED) is 0.394. The SMILES string of the molecule is CN(C(=O)C1CCCC2(C)c3cc(N)ccc3CCC12)C(=O)C1CCCC2(C)c3cc(N)ccc3CCC12. The van der Waals surface area contributed by atoms with Crippen LogP contribution in [0.25, 0.3) is 0 Å². The van der Waals surface area contributed by atoms with E-state index in [0.29, 0.717) is 0 Å². The Morgan fingerprint density at radius 3 is 1.58 bits per heavy atom. The van der Waals surface area contributed by atoms with Crippen molar-refractivity contribution >= 4 is 23.2 Å². The van der Waals surface area contributed by atoms with Gasteiger partial charge in [-0.05, 0) is 121 Å². The van der Waals surface area contributed by atoms with E-state index in [4.69, 9.17) is 11.5 Å². The minimum atomic E-state index is -0.112. The number of nitrogens with zero attached hydrogens (tertiary/aromatic N) is 1. The van der Waals surface area contributed by atoms with Gasteiger partial charge in [0.25, 0.3) is 0 Å². The van der Waals surface area contributed by atoms with Gasteiger partial charge in [-0.15, -0.1) is 0 Å². The Balaban J connectivity index is 1.25. The number of nitrogens with two attached hydrogens (primary N) is 2. The molecule has 0 heterocycles. The van der Waals surface area contributed by atoms with E-state index in [2.05, 4.69) is 38.1 Å². The first-order valence-corrected chi connectivity index (χ1v) is 14.7. The maximum absolute atomic E-state index is 14.1. The zero-order valence-electron chi connectivity index (χ0n) is 23.3. The summed E-state index contributed by atoms with van der Waals surface area (Å²) in [6, 6.07) is 12.6. The van der Waals surface area contributed by atoms with E-state index in [0.717, 1.165) is 75.6 Å². The molecule has 0 spiro atoms. The van der Waals surface area contributed by atoms with Gasteiger partial charge in [-0.1, -0.05) is 38.8 Å². The van der Waals surface area contributed by atoms with Crippen molar-refractivity contribution in [2.24, 2.45) is 23.7 Å². The topological polar surface area (TPSA) is 89.4 Å². The molecule has 4 N–H and O–H groups in total. The summed E-state index contributed by atoms with van der Waals surface area (Å²) < 4.78 is 0. The van der Waals surface area contributed by atoms with E-state index in [1.165, 1.54) is 27.2 Å². The third-order valence-corrected chi connectivity index (χ3v) is 11.3. The van der Waals surface area contributed by atoms with Crippen LogP contribution in [0, 0.1) is 23.7 Å². The van der Waals surface area contributed by atoms with E-state index < -0.39 is 0 Å². The molecule has 4 aliphatic carbocycles. The molecule has 6 rings (SSSR count). The van der Waals surface area contributed by atoms with Crippen molar-refractivity contribution in [3.63, 3.8) is 0 Å². The van der Waals surface area contributed by atoms with Crippen molar-refractivity contribution in [1.29, 1.82) is 0 Å². The summed E-state index contributed by atoms with van der Waals surface area (Å²) in [6.45, 7) is 4.65. The van der Waals surface area contributed by atoms with Crippen LogP contribution in [0.1, 0.15) is 87.5 Å². The number of fused-ring (bicyclic) bond motifs is 6. The van der Waals surface area contributed by atoms with Gasteiger partial charge in [-0.3, -0.25) is 14.5 Å². The Bertz CT molecular complexity index is 1190. The lowest BCUT2D eigenvalue weighted by molar-refractivity contribution is -0.153. The average molecular weight is 514 g/mol. The smallest absolute Gasteiger partial charge is 0.232 e. The lowest BCUT2D eigenvalue weighted by Crippen LogP contribution is -2.53. The minimum absolute atomic E-state index is 0.0333. The first kappa shape index (κ1) is 25.5. The van der Waals surface area contributed by atoms with E-state index in [9.17, 15) is 9.59 Å². The van der Waals surface area contributed by atoms with Gasteiger partial charge in [-0.2, -0.15) is 0 Å². The molecule has 0 saturated heterocycles. The summed E-state index contributed by atoms with van der Waals surface area (Å²) >= 11 is 0. The molecule has 6 atom stereocenters. The molecule has 4 aliphatic rings. The largest absolute Gasteiger partial charge is 0.399 e. The maximum Gasteiger partial charge on any atom is 0.232 e. The predicted molar refractivity (Wildman–Crippen MR) is 152 cm³/mol. The van der Waals surface area contributed by atoms with Crippen LogP contribution >= 0.6 is 0 Å². The van der Waals surface area contributed by atoms with Crippen molar-refractivity contribution in [2.45, 2.75) is 88.9 Å². The van der Waals surface area contributed by atoms with Crippen molar-refractivity contribution in [3.05, 3.63) is 58.7 Å². The van der Waals surface area contributed by atoms with Gasteiger partial charge in [-0.25, -0.2) is 0 Å². The molecule has 0 radical (unpaired) electrons. The summed E-state index contributed by atoms with van der Waals surface area (Å²) in [4.78, 5) is 29.7. The number of nitrogen functional groups attached to an aromatic ring is 2. The average Bonchev–Trinajstić information content (AvgIpc) is 2.91. The summed E-state index contributed by atoms with van der Waals surface area (Å²) in [5.41, 5.74) is 19.2. The maximum atomic E-state index is 14.1. The highest BCUT2D eigenvalue weighted by Gasteiger charge is 2.52. The number of imide groups is 1. The molecule has 0 bridgehead atoms. The van der Waals surface area contributed by atoms with Gasteiger partial charge in [0.05, 0.1) is 0 Å². The van der Waals surface area contributed by atoms with Gasteiger partial charge in [0, 0.05) is 30.3 Å². The molecule has 2 saturated carbocycles. The lowest BCUT2D eigenvalue weighted by Gasteiger charge is -2.51. The third kappa shape index (κ3) is 3.79. The van der Waals surface area contributed by atoms with Crippen LogP contribution in [0.5, 0.6) is 0 Å². The fourth-order valence-corrected chi connectivity index (χ4v) is 9.25. The van der Waals surface area contributed by atoms with Crippen LogP contribution in [0.3, 0.4) is 0 Å². The number of carbonyl (C=O) groups excluding carboxylic acids is 2. The Labute approximate surface area is 227 Å². The van der Waals surface area contributed by atoms with Crippen LogP contribution in [-0.4, -0.2) is 23.8 Å². The minimum Gasteiger partial charge on any atom is -0.399 e. The van der Waals surface area contributed by atoms with Crippen LogP contribution < -0.4 is 11.5 Å². The van der Waals surface area contributed by atoms with Crippen molar-refractivity contribution in [3.8, 4) is 0 Å². The second-order valence-corrected chi connectivity index (χ2v) is 13.2. The third-order valence-electron chi connectivity index (χ3n) is 11.3.